The zero-order valence-corrected chi connectivity index (χ0v) is 13.0. The summed E-state index contributed by atoms with van der Waals surface area (Å²) in [6.45, 7) is -0.171. The van der Waals surface area contributed by atoms with Crippen molar-refractivity contribution in [3.05, 3.63) is 41.7 Å². The number of halogens is 3. The number of carbonyl (C=O) groups excluding carboxylic acids is 1. The minimum atomic E-state index is -4.73. The number of aliphatic hydroxyl groups is 1. The largest absolute Gasteiger partial charge is 0.417 e. The summed E-state index contributed by atoms with van der Waals surface area (Å²) < 4.78 is 40.0. The lowest BCUT2D eigenvalue weighted by Gasteiger charge is -2.14. The van der Waals surface area contributed by atoms with E-state index < -0.39 is 29.3 Å². The molecule has 0 fully saturated rings. The Hall–Kier alpha value is -3.06. The third-order valence-electron chi connectivity index (χ3n) is 3.30. The number of aliphatic hydroxyl groups excluding tert-OH is 1. The van der Waals surface area contributed by atoms with Gasteiger partial charge < -0.3 is 15.7 Å². The van der Waals surface area contributed by atoms with Gasteiger partial charge in [-0.05, 0) is 18.2 Å². The highest BCUT2D eigenvalue weighted by atomic mass is 19.4. The SMILES string of the molecule is CNc1cnn(CC(O)C(=O)Nc2ccc(C#N)c(C(F)(F)F)c2)c1. The molecule has 0 saturated heterocycles. The Morgan fingerprint density at radius 1 is 1.44 bits per heavy atom. The average Bonchev–Trinajstić information content (AvgIpc) is 3.01. The fraction of sp³-hybridized carbons (Fsp3) is 0.267. The molecule has 1 atom stereocenters. The van der Waals surface area contributed by atoms with Crippen molar-refractivity contribution in [2.45, 2.75) is 18.8 Å². The van der Waals surface area contributed by atoms with Crippen molar-refractivity contribution in [3.8, 4) is 6.07 Å². The Morgan fingerprint density at radius 2 is 2.16 bits per heavy atom. The number of amides is 1. The number of hydrogen-bond acceptors (Lipinski definition) is 5. The minimum Gasteiger partial charge on any atom is -0.386 e. The van der Waals surface area contributed by atoms with Crippen LogP contribution in [0, 0.1) is 11.3 Å². The van der Waals surface area contributed by atoms with Crippen LogP contribution < -0.4 is 10.6 Å². The summed E-state index contributed by atoms with van der Waals surface area (Å²) in [5.74, 6) is -0.890. The van der Waals surface area contributed by atoms with Crippen molar-refractivity contribution in [1.82, 2.24) is 9.78 Å². The molecule has 0 aliphatic heterocycles. The monoisotopic (exact) mass is 353 g/mol. The van der Waals surface area contributed by atoms with Gasteiger partial charge in [0, 0.05) is 18.9 Å². The number of hydrogen-bond donors (Lipinski definition) is 3. The molecule has 1 unspecified atom stereocenters. The quantitative estimate of drug-likeness (QED) is 0.761. The molecule has 25 heavy (non-hydrogen) atoms. The molecule has 1 aromatic carbocycles. The van der Waals surface area contributed by atoms with E-state index in [1.807, 2.05) is 0 Å². The van der Waals surface area contributed by atoms with Crippen LogP contribution in [0.1, 0.15) is 11.1 Å². The van der Waals surface area contributed by atoms with E-state index in [-0.39, 0.29) is 12.2 Å². The number of aromatic nitrogens is 2. The topological polar surface area (TPSA) is 103 Å². The van der Waals surface area contributed by atoms with Crippen LogP contribution in [0.3, 0.4) is 0 Å². The molecule has 2 rings (SSSR count). The average molecular weight is 353 g/mol. The van der Waals surface area contributed by atoms with Crippen molar-refractivity contribution >= 4 is 17.3 Å². The van der Waals surface area contributed by atoms with Gasteiger partial charge in [-0.1, -0.05) is 0 Å². The molecule has 1 heterocycles. The summed E-state index contributed by atoms with van der Waals surface area (Å²) in [4.78, 5) is 11.9. The number of alkyl halides is 3. The predicted octanol–water partition coefficient (Wildman–Crippen LogP) is 1.81. The number of nitriles is 1. The standard InChI is InChI=1S/C15H14F3N5O2/c1-20-11-6-21-23(7-11)8-13(24)14(25)22-10-3-2-9(5-19)12(4-10)15(16,17)18/h2-4,6-7,13,20,24H,8H2,1H3,(H,22,25). The molecular weight excluding hydrogens is 339 g/mol. The Bertz CT molecular complexity index is 810. The van der Waals surface area contributed by atoms with Gasteiger partial charge in [0.25, 0.3) is 5.91 Å². The number of carbonyl (C=O) groups is 1. The van der Waals surface area contributed by atoms with Crippen LogP contribution >= 0.6 is 0 Å². The fourth-order valence-corrected chi connectivity index (χ4v) is 2.03. The molecule has 7 nitrogen and oxygen atoms in total. The Labute approximate surface area is 140 Å². The molecule has 10 heteroatoms. The molecular formula is C15H14F3N5O2. The van der Waals surface area contributed by atoms with Gasteiger partial charge in [0.1, 0.15) is 0 Å². The van der Waals surface area contributed by atoms with Crippen molar-refractivity contribution in [3.63, 3.8) is 0 Å². The third-order valence-corrected chi connectivity index (χ3v) is 3.30. The van der Waals surface area contributed by atoms with E-state index in [9.17, 15) is 23.1 Å². The number of rotatable bonds is 5. The lowest BCUT2D eigenvalue weighted by atomic mass is 10.1. The summed E-state index contributed by atoms with van der Waals surface area (Å²) in [6, 6.07) is 4.21. The maximum atomic E-state index is 12.9. The molecule has 0 aliphatic carbocycles. The van der Waals surface area contributed by atoms with Crippen LogP contribution in [-0.4, -0.2) is 33.9 Å². The van der Waals surface area contributed by atoms with Crippen molar-refractivity contribution in [2.24, 2.45) is 0 Å². The van der Waals surface area contributed by atoms with E-state index in [0.717, 1.165) is 12.1 Å². The van der Waals surface area contributed by atoms with Crippen LogP contribution in [0.4, 0.5) is 24.5 Å². The van der Waals surface area contributed by atoms with Gasteiger partial charge >= 0.3 is 6.18 Å². The Morgan fingerprint density at radius 3 is 2.72 bits per heavy atom. The summed E-state index contributed by atoms with van der Waals surface area (Å²) >= 11 is 0. The van der Waals surface area contributed by atoms with E-state index in [1.165, 1.54) is 16.9 Å². The second-order valence-corrected chi connectivity index (χ2v) is 5.08. The Kier molecular flexibility index (Phi) is 5.29. The first-order valence-corrected chi connectivity index (χ1v) is 7.05. The molecule has 0 bridgehead atoms. The van der Waals surface area contributed by atoms with Gasteiger partial charge in [0.05, 0.1) is 35.6 Å². The van der Waals surface area contributed by atoms with E-state index in [1.54, 1.807) is 13.2 Å². The third kappa shape index (κ3) is 4.48. The highest BCUT2D eigenvalue weighted by Crippen LogP contribution is 2.33. The first kappa shape index (κ1) is 18.3. The molecule has 0 saturated carbocycles. The molecule has 1 amide bonds. The first-order chi connectivity index (χ1) is 11.7. The van der Waals surface area contributed by atoms with Gasteiger partial charge in [-0.2, -0.15) is 23.5 Å². The second-order valence-electron chi connectivity index (χ2n) is 5.08. The molecule has 0 spiro atoms. The maximum absolute atomic E-state index is 12.9. The normalized spacial score (nSPS) is 12.3. The van der Waals surface area contributed by atoms with Gasteiger partial charge in [-0.3, -0.25) is 9.48 Å². The van der Waals surface area contributed by atoms with E-state index in [0.29, 0.717) is 11.8 Å². The molecule has 2 aromatic rings. The number of anilines is 2. The number of nitrogens with one attached hydrogen (secondary N) is 2. The number of benzene rings is 1. The van der Waals surface area contributed by atoms with E-state index >= 15 is 0 Å². The molecule has 3 N–H and O–H groups in total. The highest BCUT2D eigenvalue weighted by Gasteiger charge is 2.34. The zero-order chi connectivity index (χ0) is 18.6. The molecule has 1 aromatic heterocycles. The summed E-state index contributed by atoms with van der Waals surface area (Å²) in [5, 5.41) is 27.5. The predicted molar refractivity (Wildman–Crippen MR) is 82.6 cm³/mol. The molecule has 132 valence electrons. The summed E-state index contributed by atoms with van der Waals surface area (Å²) in [6.07, 6.45) is -3.21. The number of nitrogens with zero attached hydrogens (tertiary/aromatic N) is 3. The summed E-state index contributed by atoms with van der Waals surface area (Å²) in [5.41, 5.74) is -1.21. The van der Waals surface area contributed by atoms with Gasteiger partial charge in [0.2, 0.25) is 0 Å². The highest BCUT2D eigenvalue weighted by molar-refractivity contribution is 5.94. The van der Waals surface area contributed by atoms with Gasteiger partial charge in [-0.15, -0.1) is 0 Å². The summed E-state index contributed by atoms with van der Waals surface area (Å²) in [7, 11) is 1.67. The van der Waals surface area contributed by atoms with Gasteiger partial charge in [-0.25, -0.2) is 0 Å². The van der Waals surface area contributed by atoms with E-state index in [4.69, 9.17) is 5.26 Å². The van der Waals surface area contributed by atoms with Crippen molar-refractivity contribution in [1.29, 1.82) is 5.26 Å². The molecule has 0 radical (unpaired) electrons. The fourth-order valence-electron chi connectivity index (χ4n) is 2.03. The molecule has 0 aliphatic rings. The van der Waals surface area contributed by atoms with Crippen LogP contribution in [0.2, 0.25) is 0 Å². The Balaban J connectivity index is 2.10. The maximum Gasteiger partial charge on any atom is 0.417 e. The second kappa shape index (κ2) is 7.23. The lowest BCUT2D eigenvalue weighted by molar-refractivity contribution is -0.137. The zero-order valence-electron chi connectivity index (χ0n) is 13.0. The van der Waals surface area contributed by atoms with Crippen LogP contribution in [0.25, 0.3) is 0 Å². The van der Waals surface area contributed by atoms with Crippen LogP contribution in [-0.2, 0) is 17.5 Å². The first-order valence-electron chi connectivity index (χ1n) is 7.05. The minimum absolute atomic E-state index is 0.171. The van der Waals surface area contributed by atoms with Gasteiger partial charge in [0.15, 0.2) is 6.10 Å². The van der Waals surface area contributed by atoms with Crippen LogP contribution in [0.15, 0.2) is 30.6 Å². The lowest BCUT2D eigenvalue weighted by Crippen LogP contribution is -2.31. The van der Waals surface area contributed by atoms with Crippen molar-refractivity contribution < 1.29 is 23.1 Å². The smallest absolute Gasteiger partial charge is 0.386 e. The van der Waals surface area contributed by atoms with Crippen molar-refractivity contribution in [2.75, 3.05) is 17.7 Å². The van der Waals surface area contributed by atoms with Crippen LogP contribution in [0.5, 0.6) is 0 Å². The van der Waals surface area contributed by atoms with E-state index in [2.05, 4.69) is 15.7 Å².